The number of benzene rings is 2. The summed E-state index contributed by atoms with van der Waals surface area (Å²) in [5.41, 5.74) is 3.69. The monoisotopic (exact) mass is 440 g/mol. The highest BCUT2D eigenvalue weighted by Crippen LogP contribution is 2.21. The Hall–Kier alpha value is -2.34. The van der Waals surface area contributed by atoms with Gasteiger partial charge in [-0.25, -0.2) is 0 Å². The molecule has 1 fully saturated rings. The van der Waals surface area contributed by atoms with Crippen LogP contribution in [0.2, 0.25) is 5.02 Å². The van der Waals surface area contributed by atoms with E-state index in [9.17, 15) is 4.79 Å². The smallest absolute Gasteiger partial charge is 0.264 e. The molecule has 6 heteroatoms. The summed E-state index contributed by atoms with van der Waals surface area (Å²) < 4.78 is 5.78. The van der Waals surface area contributed by atoms with Gasteiger partial charge in [-0.3, -0.25) is 9.69 Å². The molecule has 0 unspecified atom stereocenters. The largest absolute Gasteiger partial charge is 0.489 e. The minimum atomic E-state index is 0.119. The van der Waals surface area contributed by atoms with Crippen molar-refractivity contribution in [1.29, 1.82) is 0 Å². The average molecular weight is 441 g/mol. The number of thiophene rings is 1. The van der Waals surface area contributed by atoms with Crippen molar-refractivity contribution >= 4 is 28.8 Å². The summed E-state index contributed by atoms with van der Waals surface area (Å²) in [6, 6.07) is 17.7. The Morgan fingerprint density at radius 2 is 1.80 bits per heavy atom. The molecule has 0 saturated carbocycles. The second kappa shape index (κ2) is 9.65. The molecule has 0 spiro atoms. The van der Waals surface area contributed by atoms with E-state index in [2.05, 4.69) is 36.1 Å². The summed E-state index contributed by atoms with van der Waals surface area (Å²) in [4.78, 5) is 18.1. The van der Waals surface area contributed by atoms with Gasteiger partial charge in [0.25, 0.3) is 5.91 Å². The van der Waals surface area contributed by atoms with Crippen LogP contribution in [-0.4, -0.2) is 41.9 Å². The SMILES string of the molecule is Cc1ccccc1CN1CCN(C(=O)c2cc(COc3ccc(Cl)cc3)cs2)CC1. The number of carbonyl (C=O) groups is 1. The van der Waals surface area contributed by atoms with Gasteiger partial charge in [0.15, 0.2) is 0 Å². The number of halogens is 1. The Balaban J connectivity index is 1.28. The van der Waals surface area contributed by atoms with Gasteiger partial charge in [-0.15, -0.1) is 11.3 Å². The van der Waals surface area contributed by atoms with E-state index >= 15 is 0 Å². The molecule has 4 rings (SSSR count). The molecule has 0 aliphatic carbocycles. The van der Waals surface area contributed by atoms with Gasteiger partial charge < -0.3 is 9.64 Å². The van der Waals surface area contributed by atoms with Crippen molar-refractivity contribution in [3.8, 4) is 5.75 Å². The molecule has 1 aromatic heterocycles. The molecule has 1 aliphatic rings. The van der Waals surface area contributed by atoms with Crippen LogP contribution in [0.1, 0.15) is 26.4 Å². The fourth-order valence-electron chi connectivity index (χ4n) is 3.55. The van der Waals surface area contributed by atoms with Crippen molar-refractivity contribution in [2.45, 2.75) is 20.1 Å². The average Bonchev–Trinajstić information content (AvgIpc) is 3.24. The number of ether oxygens (including phenoxy) is 1. The van der Waals surface area contributed by atoms with E-state index in [1.54, 1.807) is 12.1 Å². The zero-order valence-corrected chi connectivity index (χ0v) is 18.6. The summed E-state index contributed by atoms with van der Waals surface area (Å²) in [5.74, 6) is 0.886. The van der Waals surface area contributed by atoms with Gasteiger partial charge in [-0.1, -0.05) is 35.9 Å². The molecular weight excluding hydrogens is 416 g/mol. The van der Waals surface area contributed by atoms with Crippen LogP contribution in [0.25, 0.3) is 0 Å². The summed E-state index contributed by atoms with van der Waals surface area (Å²) in [5, 5.41) is 2.68. The molecule has 0 atom stereocenters. The lowest BCUT2D eigenvalue weighted by Gasteiger charge is -2.34. The van der Waals surface area contributed by atoms with Crippen LogP contribution in [-0.2, 0) is 13.2 Å². The van der Waals surface area contributed by atoms with E-state index in [0.717, 1.165) is 48.9 Å². The van der Waals surface area contributed by atoms with Crippen molar-refractivity contribution in [2.75, 3.05) is 26.2 Å². The van der Waals surface area contributed by atoms with Crippen molar-refractivity contribution in [3.05, 3.63) is 86.6 Å². The lowest BCUT2D eigenvalue weighted by Crippen LogP contribution is -2.48. The van der Waals surface area contributed by atoms with Crippen molar-refractivity contribution in [2.24, 2.45) is 0 Å². The minimum absolute atomic E-state index is 0.119. The highest BCUT2D eigenvalue weighted by atomic mass is 35.5. The van der Waals surface area contributed by atoms with Gasteiger partial charge in [-0.2, -0.15) is 0 Å². The molecule has 156 valence electrons. The number of nitrogens with zero attached hydrogens (tertiary/aromatic N) is 2. The lowest BCUT2D eigenvalue weighted by atomic mass is 10.1. The van der Waals surface area contributed by atoms with E-state index in [0.29, 0.717) is 11.6 Å². The molecular formula is C24H25ClN2O2S. The molecule has 2 aromatic carbocycles. The predicted molar refractivity (Wildman–Crippen MR) is 122 cm³/mol. The van der Waals surface area contributed by atoms with E-state index in [1.807, 2.05) is 28.5 Å². The molecule has 30 heavy (non-hydrogen) atoms. The number of aryl methyl sites for hydroxylation is 1. The maximum atomic E-state index is 12.9. The standard InChI is InChI=1S/C24H25ClN2O2S/c1-18-4-2-3-5-20(18)15-26-10-12-27(13-11-26)24(28)23-14-19(17-30-23)16-29-22-8-6-21(25)7-9-22/h2-9,14,17H,10-13,15-16H2,1H3. The van der Waals surface area contributed by atoms with Crippen molar-refractivity contribution in [3.63, 3.8) is 0 Å². The minimum Gasteiger partial charge on any atom is -0.489 e. The van der Waals surface area contributed by atoms with Gasteiger partial charge in [0.05, 0.1) is 4.88 Å². The fourth-order valence-corrected chi connectivity index (χ4v) is 4.54. The summed E-state index contributed by atoms with van der Waals surface area (Å²) in [6.45, 7) is 6.87. The number of amides is 1. The van der Waals surface area contributed by atoms with E-state index in [1.165, 1.54) is 22.5 Å². The van der Waals surface area contributed by atoms with Crippen LogP contribution in [0.5, 0.6) is 5.75 Å². The summed E-state index contributed by atoms with van der Waals surface area (Å²) in [6.07, 6.45) is 0. The van der Waals surface area contributed by atoms with E-state index < -0.39 is 0 Å². The molecule has 4 nitrogen and oxygen atoms in total. The van der Waals surface area contributed by atoms with Crippen molar-refractivity contribution < 1.29 is 9.53 Å². The Morgan fingerprint density at radius 1 is 1.07 bits per heavy atom. The highest BCUT2D eigenvalue weighted by molar-refractivity contribution is 7.12. The normalized spacial score (nSPS) is 14.7. The first kappa shape index (κ1) is 20.9. The zero-order chi connectivity index (χ0) is 20.9. The molecule has 3 aromatic rings. The van der Waals surface area contributed by atoms with E-state index in [4.69, 9.17) is 16.3 Å². The topological polar surface area (TPSA) is 32.8 Å². The van der Waals surface area contributed by atoms with Gasteiger partial charge in [0.1, 0.15) is 12.4 Å². The third kappa shape index (κ3) is 5.22. The highest BCUT2D eigenvalue weighted by Gasteiger charge is 2.23. The maximum absolute atomic E-state index is 12.9. The Bertz CT molecular complexity index is 994. The third-order valence-corrected chi connectivity index (χ3v) is 6.62. The first-order valence-corrected chi connectivity index (χ1v) is 11.4. The maximum Gasteiger partial charge on any atom is 0.264 e. The first-order chi connectivity index (χ1) is 14.6. The first-order valence-electron chi connectivity index (χ1n) is 10.1. The molecule has 1 saturated heterocycles. The number of piperazine rings is 1. The number of hydrogen-bond donors (Lipinski definition) is 0. The number of carbonyl (C=O) groups excluding carboxylic acids is 1. The number of hydrogen-bond acceptors (Lipinski definition) is 4. The zero-order valence-electron chi connectivity index (χ0n) is 17.0. The van der Waals surface area contributed by atoms with Crippen LogP contribution >= 0.6 is 22.9 Å². The summed E-state index contributed by atoms with van der Waals surface area (Å²) in [7, 11) is 0. The van der Waals surface area contributed by atoms with E-state index in [-0.39, 0.29) is 5.91 Å². The Kier molecular flexibility index (Phi) is 6.72. The van der Waals surface area contributed by atoms with Crippen LogP contribution in [0.4, 0.5) is 0 Å². The lowest BCUT2D eigenvalue weighted by molar-refractivity contribution is 0.0633. The Morgan fingerprint density at radius 3 is 2.53 bits per heavy atom. The Labute approximate surface area is 186 Å². The van der Waals surface area contributed by atoms with Gasteiger partial charge >= 0.3 is 0 Å². The van der Waals surface area contributed by atoms with Crippen molar-refractivity contribution in [1.82, 2.24) is 9.80 Å². The molecule has 1 amide bonds. The molecule has 2 heterocycles. The fraction of sp³-hybridized carbons (Fsp3) is 0.292. The molecule has 0 bridgehead atoms. The van der Waals surface area contributed by atoms with Gasteiger partial charge in [-0.05, 0) is 53.8 Å². The number of rotatable bonds is 6. The predicted octanol–water partition coefficient (Wildman–Crippen LogP) is 5.25. The van der Waals surface area contributed by atoms with Gasteiger partial charge in [0, 0.05) is 43.3 Å². The second-order valence-electron chi connectivity index (χ2n) is 7.56. The van der Waals surface area contributed by atoms with Crippen LogP contribution in [0.3, 0.4) is 0 Å². The quantitative estimate of drug-likeness (QED) is 0.525. The molecule has 0 N–H and O–H groups in total. The second-order valence-corrected chi connectivity index (χ2v) is 8.90. The van der Waals surface area contributed by atoms with Crippen LogP contribution < -0.4 is 4.74 Å². The molecule has 0 radical (unpaired) electrons. The third-order valence-electron chi connectivity index (χ3n) is 5.40. The summed E-state index contributed by atoms with van der Waals surface area (Å²) >= 11 is 7.39. The molecule has 1 aliphatic heterocycles. The van der Waals surface area contributed by atoms with Gasteiger partial charge in [0.2, 0.25) is 0 Å². The van der Waals surface area contributed by atoms with Crippen LogP contribution in [0.15, 0.2) is 60.0 Å². The van der Waals surface area contributed by atoms with Crippen LogP contribution in [0, 0.1) is 6.92 Å².